The van der Waals surface area contributed by atoms with E-state index in [2.05, 4.69) is 50.3 Å². The molecule has 0 saturated carbocycles. The Labute approximate surface area is 337 Å². The molecule has 0 aliphatic carbocycles. The molecule has 0 heterocycles. The summed E-state index contributed by atoms with van der Waals surface area (Å²) in [6.45, 7) is 3.70. The lowest BCUT2D eigenvalue weighted by molar-refractivity contribution is -0.161. The smallest absolute Gasteiger partial charge is 0.462 e. The zero-order valence-corrected chi connectivity index (χ0v) is 36.3. The molecule has 0 aromatic carbocycles. The van der Waals surface area contributed by atoms with E-state index in [1.165, 1.54) is 116 Å². The summed E-state index contributed by atoms with van der Waals surface area (Å²) in [7, 11) is -4.38. The molecule has 0 amide bonds. The summed E-state index contributed by atoms with van der Waals surface area (Å²) in [6, 6.07) is 0. The lowest BCUT2D eigenvalue weighted by Crippen LogP contribution is -2.29. The summed E-state index contributed by atoms with van der Waals surface area (Å²) in [5.74, 6) is -0.840. The molecule has 0 bridgehead atoms. The van der Waals surface area contributed by atoms with Crippen LogP contribution in [0.25, 0.3) is 0 Å². The summed E-state index contributed by atoms with van der Waals surface area (Å²) < 4.78 is 32.8. The Hall–Kier alpha value is -1.77. The SMILES string of the molecule is CCCCC/C=C/C/C=C/CCCCCCCCCCCC(=O)OC[C@H](COP(=O)(O)OCCN)OC(=O)CCCCCCC/C=C/CCCCCCCC. The van der Waals surface area contributed by atoms with Gasteiger partial charge < -0.3 is 20.1 Å². The van der Waals surface area contributed by atoms with Crippen molar-refractivity contribution in [2.45, 2.75) is 213 Å². The second kappa shape index (κ2) is 41.9. The third-order valence-electron chi connectivity index (χ3n) is 9.50. The molecule has 55 heavy (non-hydrogen) atoms. The largest absolute Gasteiger partial charge is 0.472 e. The van der Waals surface area contributed by atoms with Gasteiger partial charge in [0.05, 0.1) is 13.2 Å². The van der Waals surface area contributed by atoms with E-state index in [4.69, 9.17) is 24.3 Å². The maximum absolute atomic E-state index is 12.6. The molecule has 0 aromatic rings. The predicted octanol–water partition coefficient (Wildman–Crippen LogP) is 12.9. The standard InChI is InChI=1S/C45H84NO8P/c1-3-5-7-9-11-13-15-17-19-20-21-22-24-25-27-29-31-33-35-37-44(47)51-41-43(42-53-55(49,50)52-40-39-46)54-45(48)38-36-34-32-30-28-26-23-18-16-14-12-10-8-6-4-2/h11,13,17-19,23,43H,3-10,12,14-16,20-22,24-42,46H2,1-2H3,(H,49,50)/b13-11+,19-17+,23-18+/t43-/m1/s1. The molecular weight excluding hydrogens is 713 g/mol. The van der Waals surface area contributed by atoms with Gasteiger partial charge in [-0.05, 0) is 70.6 Å². The van der Waals surface area contributed by atoms with Crippen molar-refractivity contribution >= 4 is 19.8 Å². The fourth-order valence-electron chi connectivity index (χ4n) is 6.13. The molecule has 9 nitrogen and oxygen atoms in total. The van der Waals surface area contributed by atoms with Crippen LogP contribution in [-0.2, 0) is 32.7 Å². The van der Waals surface area contributed by atoms with Crippen molar-refractivity contribution in [1.29, 1.82) is 0 Å². The first-order chi connectivity index (χ1) is 26.8. The van der Waals surface area contributed by atoms with E-state index in [-0.39, 0.29) is 38.6 Å². The van der Waals surface area contributed by atoms with Gasteiger partial charge in [-0.1, -0.05) is 159 Å². The van der Waals surface area contributed by atoms with Crippen LogP contribution in [0.1, 0.15) is 206 Å². The van der Waals surface area contributed by atoms with Crippen LogP contribution >= 0.6 is 7.82 Å². The van der Waals surface area contributed by atoms with Crippen LogP contribution in [0.5, 0.6) is 0 Å². The van der Waals surface area contributed by atoms with Gasteiger partial charge in [-0.15, -0.1) is 0 Å². The Balaban J connectivity index is 4.13. The highest BCUT2D eigenvalue weighted by Gasteiger charge is 2.26. The number of allylic oxidation sites excluding steroid dienone is 6. The molecule has 3 N–H and O–H groups in total. The van der Waals surface area contributed by atoms with Crippen molar-refractivity contribution in [3.8, 4) is 0 Å². The van der Waals surface area contributed by atoms with Gasteiger partial charge in [0, 0.05) is 19.4 Å². The number of hydrogen-bond acceptors (Lipinski definition) is 8. The molecule has 0 fully saturated rings. The van der Waals surface area contributed by atoms with Crippen LogP contribution in [0.4, 0.5) is 0 Å². The molecule has 10 heteroatoms. The van der Waals surface area contributed by atoms with E-state index >= 15 is 0 Å². The minimum atomic E-state index is -4.38. The average Bonchev–Trinajstić information content (AvgIpc) is 3.17. The molecule has 0 aliphatic rings. The van der Waals surface area contributed by atoms with Gasteiger partial charge in [0.2, 0.25) is 0 Å². The van der Waals surface area contributed by atoms with Crippen LogP contribution in [0.15, 0.2) is 36.5 Å². The number of phosphoric ester groups is 1. The van der Waals surface area contributed by atoms with E-state index in [0.29, 0.717) is 6.42 Å². The number of carbonyl (C=O) groups excluding carboxylic acids is 2. The molecular formula is C45H84NO8P. The summed E-state index contributed by atoms with van der Waals surface area (Å²) in [4.78, 5) is 34.9. The Kier molecular flexibility index (Phi) is 40.5. The molecule has 322 valence electrons. The molecule has 2 atom stereocenters. The highest BCUT2D eigenvalue weighted by atomic mass is 31.2. The monoisotopic (exact) mass is 798 g/mol. The number of nitrogens with two attached hydrogens (primary N) is 1. The summed E-state index contributed by atoms with van der Waals surface area (Å²) in [5.41, 5.74) is 5.35. The first-order valence-electron chi connectivity index (χ1n) is 22.5. The molecule has 0 aliphatic heterocycles. The zero-order chi connectivity index (χ0) is 40.3. The number of carbonyl (C=O) groups is 2. The van der Waals surface area contributed by atoms with Crippen molar-refractivity contribution in [2.24, 2.45) is 5.73 Å². The number of esters is 2. The number of unbranched alkanes of at least 4 members (excludes halogenated alkanes) is 23. The second-order valence-corrected chi connectivity index (χ2v) is 16.4. The van der Waals surface area contributed by atoms with E-state index in [1.54, 1.807) is 0 Å². The third-order valence-corrected chi connectivity index (χ3v) is 10.5. The lowest BCUT2D eigenvalue weighted by atomic mass is 10.1. The van der Waals surface area contributed by atoms with Gasteiger partial charge in [0.25, 0.3) is 0 Å². The van der Waals surface area contributed by atoms with Crippen molar-refractivity contribution in [3.05, 3.63) is 36.5 Å². The zero-order valence-electron chi connectivity index (χ0n) is 35.4. The minimum Gasteiger partial charge on any atom is -0.462 e. The maximum atomic E-state index is 12.6. The summed E-state index contributed by atoms with van der Waals surface area (Å²) in [5, 5.41) is 0. The maximum Gasteiger partial charge on any atom is 0.472 e. The first kappa shape index (κ1) is 53.2. The molecule has 0 radical (unpaired) electrons. The van der Waals surface area contributed by atoms with E-state index < -0.39 is 26.5 Å². The summed E-state index contributed by atoms with van der Waals surface area (Å²) >= 11 is 0. The van der Waals surface area contributed by atoms with E-state index in [9.17, 15) is 19.0 Å². The highest BCUT2D eigenvalue weighted by Crippen LogP contribution is 2.43. The highest BCUT2D eigenvalue weighted by molar-refractivity contribution is 7.47. The topological polar surface area (TPSA) is 134 Å². The van der Waals surface area contributed by atoms with Crippen molar-refractivity contribution in [3.63, 3.8) is 0 Å². The van der Waals surface area contributed by atoms with Crippen LogP contribution in [0.2, 0.25) is 0 Å². The van der Waals surface area contributed by atoms with Gasteiger partial charge >= 0.3 is 19.8 Å². The van der Waals surface area contributed by atoms with Gasteiger partial charge in [-0.3, -0.25) is 18.6 Å². The fraction of sp³-hybridized carbons (Fsp3) is 0.822. The average molecular weight is 798 g/mol. The molecule has 0 aromatic heterocycles. The first-order valence-corrected chi connectivity index (χ1v) is 24.0. The Morgan fingerprint density at radius 3 is 1.44 bits per heavy atom. The van der Waals surface area contributed by atoms with E-state index in [1.807, 2.05) is 0 Å². The van der Waals surface area contributed by atoms with Crippen LogP contribution in [0, 0.1) is 0 Å². The quantitative estimate of drug-likeness (QED) is 0.0268. The predicted molar refractivity (Wildman–Crippen MR) is 229 cm³/mol. The van der Waals surface area contributed by atoms with E-state index in [0.717, 1.165) is 57.8 Å². The van der Waals surface area contributed by atoms with Gasteiger partial charge in [-0.2, -0.15) is 0 Å². The Morgan fingerprint density at radius 1 is 0.545 bits per heavy atom. The normalized spacial score (nSPS) is 13.6. The van der Waals surface area contributed by atoms with Crippen molar-refractivity contribution in [2.75, 3.05) is 26.4 Å². The third kappa shape index (κ3) is 41.7. The van der Waals surface area contributed by atoms with Crippen LogP contribution in [-0.4, -0.2) is 49.3 Å². The second-order valence-electron chi connectivity index (χ2n) is 14.9. The van der Waals surface area contributed by atoms with Crippen molar-refractivity contribution in [1.82, 2.24) is 0 Å². The molecule has 0 saturated heterocycles. The molecule has 0 rings (SSSR count). The number of rotatable bonds is 42. The van der Waals surface area contributed by atoms with Gasteiger partial charge in [0.15, 0.2) is 6.10 Å². The van der Waals surface area contributed by atoms with Crippen LogP contribution < -0.4 is 5.73 Å². The Morgan fingerprint density at radius 2 is 0.945 bits per heavy atom. The fourth-order valence-corrected chi connectivity index (χ4v) is 6.89. The van der Waals surface area contributed by atoms with Gasteiger partial charge in [0.1, 0.15) is 6.61 Å². The minimum absolute atomic E-state index is 0.0514. The molecule has 0 spiro atoms. The lowest BCUT2D eigenvalue weighted by Gasteiger charge is -2.19. The molecule has 1 unspecified atom stereocenters. The number of hydrogen-bond donors (Lipinski definition) is 2. The van der Waals surface area contributed by atoms with Gasteiger partial charge in [-0.25, -0.2) is 4.57 Å². The van der Waals surface area contributed by atoms with Crippen molar-refractivity contribution < 1.29 is 37.6 Å². The number of phosphoric acid groups is 1. The van der Waals surface area contributed by atoms with Crippen LogP contribution in [0.3, 0.4) is 0 Å². The number of ether oxygens (including phenoxy) is 2. The Bertz CT molecular complexity index is 1000. The summed E-state index contributed by atoms with van der Waals surface area (Å²) in [6.07, 6.45) is 46.0.